The maximum Gasteiger partial charge on any atom is 0.289 e. The Bertz CT molecular complexity index is 836. The molecule has 5 heteroatoms. The van der Waals surface area contributed by atoms with Gasteiger partial charge in [0, 0.05) is 6.04 Å². The Balaban J connectivity index is 1.55. The number of morpholine rings is 1. The summed E-state index contributed by atoms with van der Waals surface area (Å²) < 4.78 is 6.27. The van der Waals surface area contributed by atoms with Gasteiger partial charge in [-0.15, -0.1) is 0 Å². The van der Waals surface area contributed by atoms with E-state index in [4.69, 9.17) is 4.74 Å². The fourth-order valence-electron chi connectivity index (χ4n) is 5.54. The first-order valence-corrected chi connectivity index (χ1v) is 12.3. The standard InChI is InChI=1S/C27H38N2O3/c1-27(2,3)20-14-15-23-22(17-20)29(18-25(30)28-21-12-8-5-9-13-21)26(31)24(32-23)16-19-10-6-4-7-11-19/h4,6-7,10-11,16,20-23H,5,8-9,12-15,17-18H2,1-3H3,(H,28,30)/b24-16-. The lowest BCUT2D eigenvalue weighted by Gasteiger charge is -2.48. The molecule has 3 fully saturated rings. The van der Waals surface area contributed by atoms with Crippen molar-refractivity contribution in [3.63, 3.8) is 0 Å². The molecule has 1 N–H and O–H groups in total. The predicted molar refractivity (Wildman–Crippen MR) is 127 cm³/mol. The van der Waals surface area contributed by atoms with Crippen LogP contribution in [0.5, 0.6) is 0 Å². The van der Waals surface area contributed by atoms with Crippen LogP contribution in [-0.4, -0.2) is 41.4 Å². The van der Waals surface area contributed by atoms with E-state index in [1.54, 1.807) is 4.90 Å². The van der Waals surface area contributed by atoms with Crippen LogP contribution in [0.4, 0.5) is 0 Å². The van der Waals surface area contributed by atoms with Crippen molar-refractivity contribution in [2.75, 3.05) is 6.54 Å². The van der Waals surface area contributed by atoms with Crippen molar-refractivity contribution in [1.82, 2.24) is 10.2 Å². The number of nitrogens with zero attached hydrogens (tertiary/aromatic N) is 1. The Morgan fingerprint density at radius 1 is 1.09 bits per heavy atom. The molecule has 1 heterocycles. The summed E-state index contributed by atoms with van der Waals surface area (Å²) in [4.78, 5) is 28.3. The van der Waals surface area contributed by atoms with E-state index in [1.807, 2.05) is 36.4 Å². The SMILES string of the molecule is CC(C)(C)C1CCC2O/C(=C\c3ccccc3)C(=O)N(CC(=O)NC3CCCCC3)C2C1. The summed E-state index contributed by atoms with van der Waals surface area (Å²) in [6, 6.07) is 9.98. The highest BCUT2D eigenvalue weighted by Crippen LogP contribution is 2.42. The molecule has 3 atom stereocenters. The van der Waals surface area contributed by atoms with Crippen LogP contribution >= 0.6 is 0 Å². The summed E-state index contributed by atoms with van der Waals surface area (Å²) in [6.07, 6.45) is 10.3. The molecule has 174 valence electrons. The molecule has 4 rings (SSSR count). The molecule has 3 aliphatic rings. The zero-order valence-electron chi connectivity index (χ0n) is 19.8. The van der Waals surface area contributed by atoms with Gasteiger partial charge in [0.25, 0.3) is 5.91 Å². The monoisotopic (exact) mass is 438 g/mol. The maximum atomic E-state index is 13.5. The first-order chi connectivity index (χ1) is 15.3. The molecule has 2 amide bonds. The van der Waals surface area contributed by atoms with Gasteiger partial charge in [-0.3, -0.25) is 9.59 Å². The smallest absolute Gasteiger partial charge is 0.289 e. The van der Waals surface area contributed by atoms with Gasteiger partial charge in [0.1, 0.15) is 12.6 Å². The lowest BCUT2D eigenvalue weighted by Crippen LogP contribution is -2.59. The number of amides is 2. The van der Waals surface area contributed by atoms with Crippen molar-refractivity contribution >= 4 is 17.9 Å². The average molecular weight is 439 g/mol. The molecular weight excluding hydrogens is 400 g/mol. The number of carbonyl (C=O) groups excluding carboxylic acids is 2. The average Bonchev–Trinajstić information content (AvgIpc) is 2.77. The van der Waals surface area contributed by atoms with Crippen LogP contribution in [0.15, 0.2) is 36.1 Å². The van der Waals surface area contributed by atoms with Crippen LogP contribution in [0.1, 0.15) is 77.7 Å². The van der Waals surface area contributed by atoms with E-state index in [0.29, 0.717) is 11.7 Å². The highest BCUT2D eigenvalue weighted by atomic mass is 16.5. The Morgan fingerprint density at radius 2 is 1.81 bits per heavy atom. The van der Waals surface area contributed by atoms with Crippen molar-refractivity contribution in [2.45, 2.75) is 90.3 Å². The van der Waals surface area contributed by atoms with Crippen molar-refractivity contribution in [2.24, 2.45) is 11.3 Å². The zero-order chi connectivity index (χ0) is 22.7. The molecule has 0 radical (unpaired) electrons. The third kappa shape index (κ3) is 5.36. The van der Waals surface area contributed by atoms with Gasteiger partial charge < -0.3 is 15.0 Å². The summed E-state index contributed by atoms with van der Waals surface area (Å²) in [7, 11) is 0. The predicted octanol–water partition coefficient (Wildman–Crippen LogP) is 4.92. The molecule has 2 aliphatic carbocycles. The Morgan fingerprint density at radius 3 is 2.50 bits per heavy atom. The summed E-state index contributed by atoms with van der Waals surface area (Å²) in [6.45, 7) is 6.92. The van der Waals surface area contributed by atoms with E-state index in [1.165, 1.54) is 19.3 Å². The molecule has 1 aromatic rings. The number of nitrogens with one attached hydrogen (secondary N) is 1. The molecule has 1 saturated heterocycles. The van der Waals surface area contributed by atoms with Gasteiger partial charge in [-0.25, -0.2) is 0 Å². The fourth-order valence-corrected chi connectivity index (χ4v) is 5.54. The number of carbonyl (C=O) groups is 2. The van der Waals surface area contributed by atoms with Gasteiger partial charge in [0.05, 0.1) is 6.04 Å². The molecule has 32 heavy (non-hydrogen) atoms. The highest BCUT2D eigenvalue weighted by Gasteiger charge is 2.46. The van der Waals surface area contributed by atoms with Crippen LogP contribution in [0.2, 0.25) is 0 Å². The van der Waals surface area contributed by atoms with E-state index >= 15 is 0 Å². The van der Waals surface area contributed by atoms with Crippen LogP contribution in [-0.2, 0) is 14.3 Å². The minimum absolute atomic E-state index is 0.0390. The van der Waals surface area contributed by atoms with Gasteiger partial charge in [0.15, 0.2) is 5.76 Å². The normalized spacial score (nSPS) is 28.2. The van der Waals surface area contributed by atoms with Gasteiger partial charge in [-0.05, 0) is 55.1 Å². The van der Waals surface area contributed by atoms with Crippen LogP contribution in [0, 0.1) is 11.3 Å². The second-order valence-corrected chi connectivity index (χ2v) is 10.9. The number of hydrogen-bond donors (Lipinski definition) is 1. The number of hydrogen-bond acceptors (Lipinski definition) is 3. The first-order valence-electron chi connectivity index (χ1n) is 12.3. The Kier molecular flexibility index (Phi) is 6.92. The second kappa shape index (κ2) is 9.68. The van der Waals surface area contributed by atoms with Crippen LogP contribution in [0.25, 0.3) is 6.08 Å². The van der Waals surface area contributed by atoms with Crippen molar-refractivity contribution < 1.29 is 14.3 Å². The number of fused-ring (bicyclic) bond motifs is 1. The summed E-state index contributed by atoms with van der Waals surface area (Å²) >= 11 is 0. The molecule has 2 saturated carbocycles. The third-order valence-corrected chi connectivity index (χ3v) is 7.51. The summed E-state index contributed by atoms with van der Waals surface area (Å²) in [5.41, 5.74) is 1.11. The van der Waals surface area contributed by atoms with Gasteiger partial charge in [0.2, 0.25) is 5.91 Å². The molecule has 0 aromatic heterocycles. The zero-order valence-corrected chi connectivity index (χ0v) is 19.8. The fraction of sp³-hybridized carbons (Fsp3) is 0.630. The number of rotatable bonds is 4. The van der Waals surface area contributed by atoms with Gasteiger partial charge >= 0.3 is 0 Å². The number of ether oxygens (including phenoxy) is 1. The molecule has 5 nitrogen and oxygen atoms in total. The Hall–Kier alpha value is -2.30. The molecule has 3 unspecified atom stereocenters. The minimum Gasteiger partial charge on any atom is -0.482 e. The van der Waals surface area contributed by atoms with E-state index in [2.05, 4.69) is 26.1 Å². The van der Waals surface area contributed by atoms with Gasteiger partial charge in [-0.2, -0.15) is 0 Å². The minimum atomic E-state index is -0.163. The lowest BCUT2D eigenvalue weighted by atomic mass is 9.69. The van der Waals surface area contributed by atoms with E-state index < -0.39 is 0 Å². The van der Waals surface area contributed by atoms with Gasteiger partial charge in [-0.1, -0.05) is 70.4 Å². The highest BCUT2D eigenvalue weighted by molar-refractivity contribution is 5.98. The third-order valence-electron chi connectivity index (χ3n) is 7.51. The van der Waals surface area contributed by atoms with Crippen LogP contribution in [0.3, 0.4) is 0 Å². The summed E-state index contributed by atoms with van der Waals surface area (Å²) in [5.74, 6) is 0.659. The molecule has 1 aromatic carbocycles. The molecular formula is C27H38N2O3. The quantitative estimate of drug-likeness (QED) is 0.679. The molecule has 0 bridgehead atoms. The van der Waals surface area contributed by atoms with Crippen molar-refractivity contribution in [3.8, 4) is 0 Å². The first kappa shape index (κ1) is 22.9. The lowest BCUT2D eigenvalue weighted by molar-refractivity contribution is -0.154. The second-order valence-electron chi connectivity index (χ2n) is 10.9. The summed E-state index contributed by atoms with van der Waals surface area (Å²) in [5, 5.41) is 3.20. The number of benzene rings is 1. The molecule has 1 aliphatic heterocycles. The van der Waals surface area contributed by atoms with E-state index in [9.17, 15) is 9.59 Å². The van der Waals surface area contributed by atoms with E-state index in [-0.39, 0.29) is 42.0 Å². The maximum absolute atomic E-state index is 13.5. The van der Waals surface area contributed by atoms with E-state index in [0.717, 1.165) is 37.7 Å². The van der Waals surface area contributed by atoms with Crippen molar-refractivity contribution in [1.29, 1.82) is 0 Å². The largest absolute Gasteiger partial charge is 0.482 e. The Labute approximate surface area is 192 Å². The molecule has 0 spiro atoms. The van der Waals surface area contributed by atoms with Crippen molar-refractivity contribution in [3.05, 3.63) is 41.7 Å². The van der Waals surface area contributed by atoms with Crippen LogP contribution < -0.4 is 5.32 Å². The topological polar surface area (TPSA) is 58.6 Å².